The summed E-state index contributed by atoms with van der Waals surface area (Å²) in [7, 11) is 1.36. The van der Waals surface area contributed by atoms with Crippen LogP contribution in [0.4, 0.5) is 40.7 Å². The van der Waals surface area contributed by atoms with E-state index < -0.39 is 5.91 Å². The number of aromatic nitrogens is 16. The van der Waals surface area contributed by atoms with Crippen LogP contribution in [-0.2, 0) is 17.8 Å². The molecule has 0 saturated heterocycles. The summed E-state index contributed by atoms with van der Waals surface area (Å²) in [5.74, 6) is 3.69. The number of carbonyl (C=O) groups is 2. The standard InChI is InChI=1S/C17H15N5O2.C16H14N6O2.C8H7N5.C4H3IN2.C4H5N3.2CH4.H2/c1-24-17(23)14-4-2-13(3-5-14)11-22(15-6-7-19-12-21-15)16-10-18-8-9-20-16;23-16(21-24)13-3-1-12(2-4-13)10-22(14-5-6-18-11-20-14)15-9-17-7-8-19-15;1-2-10-6-12-7(1)13-8-5-9-3-4-11-8;5-4-3-6-1-2-7-4;5-4-1-2-6-3-7-4;;;/h2-10,12H,11H2,1H3;1-9,11,24H,10H2,(H,21,23);1-6H,(H,10,11,12,13);1-3H;1-3H,(H2,5,6,7);2*1H4;1H/i;;;;;;;1+1D. The molecule has 0 bridgehead atoms. The largest absolute Gasteiger partial charge is 0.465 e. The molecule has 2 aromatic carbocycles. The molecule has 0 radical (unpaired) electrons. The summed E-state index contributed by atoms with van der Waals surface area (Å²) in [5, 5.41) is 11.6. The van der Waals surface area contributed by atoms with E-state index in [9.17, 15) is 9.59 Å². The van der Waals surface area contributed by atoms with Crippen molar-refractivity contribution in [3.8, 4) is 0 Å². The second-order valence-corrected chi connectivity index (χ2v) is 15.3. The predicted octanol–water partition coefficient (Wildman–Crippen LogP) is 7.78. The summed E-state index contributed by atoms with van der Waals surface area (Å²) in [6.07, 6.45) is 32.1. The maximum Gasteiger partial charge on any atom is 0.337 e. The highest BCUT2D eigenvalue weighted by Gasteiger charge is 2.15. The monoisotopic (exact) mass is 1150 g/mol. The first-order valence-electron chi connectivity index (χ1n) is 22.8. The Balaban J connectivity index is 0.000000276. The number of methoxy groups -OCH3 is 1. The van der Waals surface area contributed by atoms with Gasteiger partial charge in [-0.3, -0.25) is 29.9 Å². The number of nitrogens with one attached hydrogen (secondary N) is 2. The van der Waals surface area contributed by atoms with Gasteiger partial charge in [0.05, 0.1) is 50.6 Å². The zero-order valence-electron chi connectivity index (χ0n) is 41.6. The van der Waals surface area contributed by atoms with E-state index in [2.05, 4.69) is 108 Å². The minimum absolute atomic E-state index is 0. The summed E-state index contributed by atoms with van der Waals surface area (Å²) in [6, 6.07) is 21.1. The molecule has 0 saturated carbocycles. The van der Waals surface area contributed by atoms with Gasteiger partial charge < -0.3 is 25.6 Å². The fraction of sp³-hybridized carbons (Fsp3) is 0.0980. The lowest BCUT2D eigenvalue weighted by Gasteiger charge is -2.22. The minimum Gasteiger partial charge on any atom is -0.465 e. The lowest BCUT2D eigenvalue weighted by molar-refractivity contribution is 0.0600. The summed E-state index contributed by atoms with van der Waals surface area (Å²) in [5.41, 5.74) is 9.62. The second kappa shape index (κ2) is 33.6. The van der Waals surface area contributed by atoms with Gasteiger partial charge in [0.25, 0.3) is 5.91 Å². The molecule has 0 atom stereocenters. The van der Waals surface area contributed by atoms with Crippen molar-refractivity contribution in [2.45, 2.75) is 27.9 Å². The smallest absolute Gasteiger partial charge is 0.337 e. The van der Waals surface area contributed by atoms with Crippen LogP contribution in [0.15, 0.2) is 197 Å². The number of hydrogen-bond donors (Lipinski definition) is 4. The summed E-state index contributed by atoms with van der Waals surface area (Å²) < 4.78 is 15.6. The molecule has 0 aliphatic heterocycles. The van der Waals surface area contributed by atoms with E-state index in [4.69, 9.17) is 18.6 Å². The van der Waals surface area contributed by atoms with Gasteiger partial charge in [-0.05, 0) is 82.2 Å². The molecule has 0 aliphatic carbocycles. The number of halogens is 1. The van der Waals surface area contributed by atoms with E-state index in [-0.39, 0.29) is 20.8 Å². The third kappa shape index (κ3) is 20.7. The van der Waals surface area contributed by atoms with Crippen LogP contribution in [-0.4, -0.2) is 104 Å². The third-order valence-corrected chi connectivity index (χ3v) is 9.81. The van der Waals surface area contributed by atoms with E-state index in [1.165, 1.54) is 32.4 Å². The van der Waals surface area contributed by atoms with Crippen molar-refractivity contribution >= 4 is 75.2 Å². The van der Waals surface area contributed by atoms with Crippen molar-refractivity contribution in [3.05, 3.63) is 223 Å². The van der Waals surface area contributed by atoms with Crippen molar-refractivity contribution in [2.75, 3.05) is 28.0 Å². The number of nitrogens with two attached hydrogens (primary N) is 1. The Morgan fingerprint density at radius 1 is 0.519 bits per heavy atom. The molecule has 0 unspecified atom stereocenters. The number of rotatable bonds is 12. The number of benzene rings is 2. The number of ether oxygens (including phenoxy) is 1. The Bertz CT molecular complexity index is 2870. The van der Waals surface area contributed by atoms with Crippen molar-refractivity contribution < 1.29 is 22.5 Å². The van der Waals surface area contributed by atoms with Gasteiger partial charge in [-0.1, -0.05) is 39.1 Å². The lowest BCUT2D eigenvalue weighted by atomic mass is 10.1. The SMILES string of the molecule is C.C.COC(=O)c1ccc(CN(c2ccncn2)c2cnccn2)cc1.Ic1cnccn1.Nc1ccncn1.O=C(NO)c1ccc(CN(c2ccncn2)c2cnccn2)cc1.[2H][2H].c1cc(Nc2cnccn2)ncn1. The number of hydrogen-bond acceptors (Lipinski definition) is 24. The molecule has 10 rings (SSSR count). The number of anilines is 7. The molecule has 5 N–H and O–H groups in total. The first-order chi connectivity index (χ1) is 37.8. The first-order valence-corrected chi connectivity index (χ1v) is 22.9. The number of nitrogen functional groups attached to an aromatic ring is 1. The number of esters is 1. The van der Waals surface area contributed by atoms with Gasteiger partial charge in [-0.15, -0.1) is 0 Å². The van der Waals surface area contributed by atoms with Gasteiger partial charge in [0, 0.05) is 82.9 Å². The van der Waals surface area contributed by atoms with Gasteiger partial charge in [0.15, 0.2) is 11.6 Å². The van der Waals surface area contributed by atoms with Crippen molar-refractivity contribution in [2.24, 2.45) is 0 Å². The Morgan fingerprint density at radius 3 is 1.34 bits per heavy atom. The number of amides is 1. The fourth-order valence-corrected chi connectivity index (χ4v) is 6.12. The van der Waals surface area contributed by atoms with Crippen LogP contribution >= 0.6 is 22.6 Å². The van der Waals surface area contributed by atoms with Gasteiger partial charge >= 0.3 is 5.97 Å². The van der Waals surface area contributed by atoms with E-state index in [0.717, 1.165) is 14.8 Å². The Morgan fingerprint density at radius 2 is 0.987 bits per heavy atom. The van der Waals surface area contributed by atoms with Crippen LogP contribution in [0, 0.1) is 3.70 Å². The molecule has 0 fully saturated rings. The van der Waals surface area contributed by atoms with Crippen molar-refractivity contribution in [3.63, 3.8) is 0 Å². The van der Waals surface area contributed by atoms with Crippen LogP contribution < -0.4 is 26.3 Å². The number of carbonyl (C=O) groups excluding carboxylic acids is 2. The zero-order chi connectivity index (χ0) is 54.7. The molecular formula is C51H54IN21O4. The average molecular weight is 1150 g/mol. The maximum atomic E-state index is 11.5. The molecular weight excluding hydrogens is 1100 g/mol. The molecule has 25 nitrogen and oxygen atoms in total. The number of hydroxylamine groups is 1. The maximum absolute atomic E-state index is 11.5. The molecule has 77 heavy (non-hydrogen) atoms. The molecule has 394 valence electrons. The lowest BCUT2D eigenvalue weighted by Crippen LogP contribution is -2.20. The predicted molar refractivity (Wildman–Crippen MR) is 297 cm³/mol. The minimum atomic E-state index is -0.553. The zero-order valence-corrected chi connectivity index (χ0v) is 41.7. The highest BCUT2D eigenvalue weighted by atomic mass is 127. The number of nitrogens with zero attached hydrogens (tertiary/aromatic N) is 18. The highest BCUT2D eigenvalue weighted by Crippen LogP contribution is 2.24. The molecule has 8 aromatic heterocycles. The Kier molecular flexibility index (Phi) is 25.2. The van der Waals surface area contributed by atoms with Crippen molar-refractivity contribution in [1.82, 2.24) is 85.2 Å². The van der Waals surface area contributed by atoms with Crippen molar-refractivity contribution in [1.29, 1.82) is 0 Å². The average Bonchev–Trinajstić information content (AvgIpc) is 3.51. The highest BCUT2D eigenvalue weighted by molar-refractivity contribution is 14.1. The van der Waals surface area contributed by atoms with E-state index in [1.807, 2.05) is 21.9 Å². The normalized spacial score (nSPS) is 9.65. The molecule has 0 spiro atoms. The summed E-state index contributed by atoms with van der Waals surface area (Å²) >= 11 is 2.11. The molecule has 10 aromatic rings. The van der Waals surface area contributed by atoms with Gasteiger partial charge in [0.1, 0.15) is 58.1 Å². The molecule has 8 heterocycles. The first kappa shape index (κ1) is 57.8. The second-order valence-electron chi connectivity index (χ2n) is 14.2. The van der Waals surface area contributed by atoms with E-state index in [0.29, 0.717) is 64.9 Å². The van der Waals surface area contributed by atoms with E-state index in [1.54, 1.807) is 165 Å². The topological polar surface area (TPSA) is 326 Å². The Hall–Kier alpha value is -10.1. The van der Waals surface area contributed by atoms with E-state index >= 15 is 0 Å². The van der Waals surface area contributed by atoms with Crippen LogP contribution in [0.1, 0.15) is 49.7 Å². The summed E-state index contributed by atoms with van der Waals surface area (Å²) in [6.45, 7) is 1.01. The molecule has 26 heteroatoms. The summed E-state index contributed by atoms with van der Waals surface area (Å²) in [4.78, 5) is 90.7. The van der Waals surface area contributed by atoms with Gasteiger partial charge in [-0.2, -0.15) is 0 Å². The quantitative estimate of drug-likeness (QED) is 0.0392. The van der Waals surface area contributed by atoms with Gasteiger partial charge in [-0.25, -0.2) is 70.1 Å². The van der Waals surface area contributed by atoms with Crippen LogP contribution in [0.25, 0.3) is 0 Å². The van der Waals surface area contributed by atoms with Gasteiger partial charge in [0.2, 0.25) is 0 Å². The third-order valence-electron chi connectivity index (χ3n) is 9.25. The van der Waals surface area contributed by atoms with Crippen LogP contribution in [0.5, 0.6) is 0 Å². The Labute approximate surface area is 460 Å². The molecule has 1 amide bonds. The fourth-order valence-electron chi connectivity index (χ4n) is 5.80. The van der Waals surface area contributed by atoms with Crippen LogP contribution in [0.2, 0.25) is 0 Å². The van der Waals surface area contributed by atoms with Crippen LogP contribution in [0.3, 0.4) is 0 Å². The molecule has 0 aliphatic rings.